The zero-order chi connectivity index (χ0) is 16.1. The standard InChI is InChI=1S/C17H19N3O2S/c1-13-12-23-17(19-13)16-11-20(7-9-22-16)6-8-21-15-5-3-2-4-14(15)10-18/h2-5,12,16H,6-9,11H2,1H3/t16-/m1/s1. The van der Waals surface area contributed by atoms with Gasteiger partial charge in [0.15, 0.2) is 0 Å². The van der Waals surface area contributed by atoms with Crippen molar-refractivity contribution in [2.24, 2.45) is 0 Å². The van der Waals surface area contributed by atoms with Crippen molar-refractivity contribution >= 4 is 11.3 Å². The molecular formula is C17H19N3O2S. The highest BCUT2D eigenvalue weighted by molar-refractivity contribution is 7.09. The minimum absolute atomic E-state index is 0.0499. The van der Waals surface area contributed by atoms with Gasteiger partial charge in [0.05, 0.1) is 12.2 Å². The number of hydrogen-bond acceptors (Lipinski definition) is 6. The maximum absolute atomic E-state index is 9.07. The molecule has 0 radical (unpaired) electrons. The zero-order valence-electron chi connectivity index (χ0n) is 13.1. The van der Waals surface area contributed by atoms with Crippen LogP contribution in [-0.4, -0.2) is 42.7 Å². The Kier molecular flexibility index (Phi) is 5.23. The highest BCUT2D eigenvalue weighted by atomic mass is 32.1. The molecule has 1 atom stereocenters. The van der Waals surface area contributed by atoms with Gasteiger partial charge in [0.2, 0.25) is 0 Å². The number of morpholine rings is 1. The van der Waals surface area contributed by atoms with E-state index in [0.29, 0.717) is 24.5 Å². The van der Waals surface area contributed by atoms with Gasteiger partial charge in [0.25, 0.3) is 0 Å². The molecule has 0 unspecified atom stereocenters. The highest BCUT2D eigenvalue weighted by Crippen LogP contribution is 2.25. The van der Waals surface area contributed by atoms with E-state index in [-0.39, 0.29) is 6.10 Å². The Morgan fingerprint density at radius 3 is 3.13 bits per heavy atom. The lowest BCUT2D eigenvalue weighted by atomic mass is 10.2. The van der Waals surface area contributed by atoms with Crippen LogP contribution in [0.3, 0.4) is 0 Å². The summed E-state index contributed by atoms with van der Waals surface area (Å²) in [6.07, 6.45) is 0.0499. The summed E-state index contributed by atoms with van der Waals surface area (Å²) in [5, 5.41) is 12.2. The minimum atomic E-state index is 0.0499. The van der Waals surface area contributed by atoms with Gasteiger partial charge in [-0.2, -0.15) is 5.26 Å². The van der Waals surface area contributed by atoms with Crippen LogP contribution in [0.15, 0.2) is 29.6 Å². The van der Waals surface area contributed by atoms with Crippen molar-refractivity contribution in [3.63, 3.8) is 0 Å². The molecule has 1 fully saturated rings. The molecule has 2 heterocycles. The minimum Gasteiger partial charge on any atom is -0.491 e. The molecule has 0 amide bonds. The summed E-state index contributed by atoms with van der Waals surface area (Å²) in [6.45, 7) is 5.80. The van der Waals surface area contributed by atoms with E-state index in [4.69, 9.17) is 14.7 Å². The SMILES string of the molecule is Cc1csc([C@H]2CN(CCOc3ccccc3C#N)CCO2)n1. The van der Waals surface area contributed by atoms with Crippen LogP contribution in [0.25, 0.3) is 0 Å². The van der Waals surface area contributed by atoms with Crippen molar-refractivity contribution in [3.05, 3.63) is 45.9 Å². The normalized spacial score (nSPS) is 18.5. The van der Waals surface area contributed by atoms with Crippen molar-refractivity contribution < 1.29 is 9.47 Å². The van der Waals surface area contributed by atoms with Gasteiger partial charge in [-0.15, -0.1) is 11.3 Å². The fourth-order valence-electron chi connectivity index (χ4n) is 2.54. The van der Waals surface area contributed by atoms with Gasteiger partial charge in [-0.3, -0.25) is 4.90 Å². The molecule has 120 valence electrons. The van der Waals surface area contributed by atoms with Crippen LogP contribution in [0, 0.1) is 18.3 Å². The van der Waals surface area contributed by atoms with E-state index in [2.05, 4.69) is 21.3 Å². The van der Waals surface area contributed by atoms with Gasteiger partial charge in [-0.1, -0.05) is 12.1 Å². The number of thiazole rings is 1. The zero-order valence-corrected chi connectivity index (χ0v) is 13.9. The predicted molar refractivity (Wildman–Crippen MR) is 88.6 cm³/mol. The Hall–Kier alpha value is -1.94. The monoisotopic (exact) mass is 329 g/mol. The molecule has 1 aliphatic rings. The molecule has 0 spiro atoms. The van der Waals surface area contributed by atoms with Crippen LogP contribution in [0.4, 0.5) is 0 Å². The van der Waals surface area contributed by atoms with E-state index in [1.54, 1.807) is 17.4 Å². The fraction of sp³-hybridized carbons (Fsp3) is 0.412. The van der Waals surface area contributed by atoms with E-state index in [9.17, 15) is 0 Å². The molecule has 23 heavy (non-hydrogen) atoms. The lowest BCUT2D eigenvalue weighted by Gasteiger charge is -2.31. The summed E-state index contributed by atoms with van der Waals surface area (Å²) in [5.41, 5.74) is 1.62. The summed E-state index contributed by atoms with van der Waals surface area (Å²) in [7, 11) is 0. The molecule has 1 aromatic carbocycles. The van der Waals surface area contributed by atoms with Gasteiger partial charge < -0.3 is 9.47 Å². The Morgan fingerprint density at radius 2 is 2.35 bits per heavy atom. The van der Waals surface area contributed by atoms with Crippen LogP contribution in [0.1, 0.15) is 22.4 Å². The first-order valence-electron chi connectivity index (χ1n) is 7.64. The van der Waals surface area contributed by atoms with E-state index < -0.39 is 0 Å². The lowest BCUT2D eigenvalue weighted by molar-refractivity contribution is -0.0330. The van der Waals surface area contributed by atoms with Gasteiger partial charge in [0.1, 0.15) is 29.5 Å². The van der Waals surface area contributed by atoms with Crippen LogP contribution < -0.4 is 4.74 Å². The van der Waals surface area contributed by atoms with Gasteiger partial charge >= 0.3 is 0 Å². The maximum atomic E-state index is 9.07. The first-order chi connectivity index (χ1) is 11.3. The molecular weight excluding hydrogens is 310 g/mol. The molecule has 1 aromatic heterocycles. The number of para-hydroxylation sites is 1. The van der Waals surface area contributed by atoms with E-state index in [1.165, 1.54) is 0 Å². The lowest BCUT2D eigenvalue weighted by Crippen LogP contribution is -2.40. The summed E-state index contributed by atoms with van der Waals surface area (Å²) in [6, 6.07) is 9.47. The number of aromatic nitrogens is 1. The van der Waals surface area contributed by atoms with Crippen molar-refractivity contribution in [1.82, 2.24) is 9.88 Å². The van der Waals surface area contributed by atoms with Crippen LogP contribution in [-0.2, 0) is 4.74 Å². The quantitative estimate of drug-likeness (QED) is 0.844. The second-order valence-corrected chi connectivity index (χ2v) is 6.33. The summed E-state index contributed by atoms with van der Waals surface area (Å²) >= 11 is 1.65. The number of rotatable bonds is 5. The number of nitriles is 1. The smallest absolute Gasteiger partial charge is 0.137 e. The number of aryl methyl sites for hydroxylation is 1. The molecule has 6 heteroatoms. The third kappa shape index (κ3) is 4.08. The van der Waals surface area contributed by atoms with Gasteiger partial charge in [-0.25, -0.2) is 4.98 Å². The summed E-state index contributed by atoms with van der Waals surface area (Å²) in [4.78, 5) is 6.84. The van der Waals surface area contributed by atoms with Crippen molar-refractivity contribution in [1.29, 1.82) is 5.26 Å². The highest BCUT2D eigenvalue weighted by Gasteiger charge is 2.24. The Morgan fingerprint density at radius 1 is 1.48 bits per heavy atom. The average molecular weight is 329 g/mol. The predicted octanol–water partition coefficient (Wildman–Crippen LogP) is 2.78. The summed E-state index contributed by atoms with van der Waals surface area (Å²) in [5.74, 6) is 0.648. The second-order valence-electron chi connectivity index (χ2n) is 5.44. The third-order valence-electron chi connectivity index (χ3n) is 3.74. The van der Waals surface area contributed by atoms with E-state index in [1.807, 2.05) is 25.1 Å². The molecule has 0 aliphatic carbocycles. The maximum Gasteiger partial charge on any atom is 0.137 e. The first-order valence-corrected chi connectivity index (χ1v) is 8.52. The molecule has 3 rings (SSSR count). The van der Waals surface area contributed by atoms with Crippen molar-refractivity contribution in [3.8, 4) is 11.8 Å². The first kappa shape index (κ1) is 15.9. The number of nitrogens with zero attached hydrogens (tertiary/aromatic N) is 3. The molecule has 5 nitrogen and oxygen atoms in total. The molecule has 0 N–H and O–H groups in total. The molecule has 0 saturated carbocycles. The van der Waals surface area contributed by atoms with Crippen LogP contribution >= 0.6 is 11.3 Å². The molecule has 2 aromatic rings. The Labute approximate surface area is 140 Å². The van der Waals surface area contributed by atoms with Crippen molar-refractivity contribution in [2.75, 3.05) is 32.8 Å². The third-order valence-corrected chi connectivity index (χ3v) is 4.79. The topological polar surface area (TPSA) is 58.4 Å². The molecule has 0 bridgehead atoms. The fourth-order valence-corrected chi connectivity index (χ4v) is 3.38. The van der Waals surface area contributed by atoms with Gasteiger partial charge in [0, 0.05) is 30.7 Å². The van der Waals surface area contributed by atoms with Gasteiger partial charge in [-0.05, 0) is 19.1 Å². The number of benzene rings is 1. The van der Waals surface area contributed by atoms with Crippen molar-refractivity contribution in [2.45, 2.75) is 13.0 Å². The molecule has 1 saturated heterocycles. The largest absolute Gasteiger partial charge is 0.491 e. The second kappa shape index (κ2) is 7.55. The van der Waals surface area contributed by atoms with E-state index >= 15 is 0 Å². The number of hydrogen-bond donors (Lipinski definition) is 0. The average Bonchev–Trinajstić information content (AvgIpc) is 3.02. The molecule has 1 aliphatic heterocycles. The Balaban J connectivity index is 1.51. The Bertz CT molecular complexity index is 695. The van der Waals surface area contributed by atoms with E-state index in [0.717, 1.165) is 30.3 Å². The van der Waals surface area contributed by atoms with Crippen LogP contribution in [0.5, 0.6) is 5.75 Å². The number of ether oxygens (including phenoxy) is 2. The van der Waals surface area contributed by atoms with Crippen LogP contribution in [0.2, 0.25) is 0 Å². The summed E-state index contributed by atoms with van der Waals surface area (Å²) < 4.78 is 11.6.